The van der Waals surface area contributed by atoms with Crippen LogP contribution < -0.4 is 15.5 Å². The number of anilines is 1. The van der Waals surface area contributed by atoms with Gasteiger partial charge < -0.3 is 10.2 Å². The van der Waals surface area contributed by atoms with Crippen molar-refractivity contribution in [2.45, 2.75) is 25.7 Å². The Labute approximate surface area is 146 Å². The molecule has 2 aliphatic rings. The fourth-order valence-electron chi connectivity index (χ4n) is 3.25. The predicted molar refractivity (Wildman–Crippen MR) is 86.0 cm³/mol. The first-order chi connectivity index (χ1) is 12.2. The third-order valence-electron chi connectivity index (χ3n) is 4.92. The smallest absolute Gasteiger partial charge is 0.321 e. The highest BCUT2D eigenvalue weighted by atomic mass is 19.3. The molecule has 4 heterocycles. The van der Waals surface area contributed by atoms with Gasteiger partial charge in [0.25, 0.3) is 11.7 Å². The summed E-state index contributed by atoms with van der Waals surface area (Å²) in [5.74, 6) is -3.51. The second-order valence-corrected chi connectivity index (χ2v) is 7.21. The third kappa shape index (κ3) is 2.45. The molecule has 1 unspecified atom stereocenters. The fraction of sp³-hybridized carbons (Fsp3) is 0.533. The highest BCUT2D eigenvalue weighted by molar-refractivity contribution is 6.00. The van der Waals surface area contributed by atoms with Crippen LogP contribution in [0.5, 0.6) is 0 Å². The van der Waals surface area contributed by atoms with E-state index in [0.717, 1.165) is 0 Å². The Morgan fingerprint density at radius 2 is 2.04 bits per heavy atom. The molecule has 2 aliphatic heterocycles. The van der Waals surface area contributed by atoms with Gasteiger partial charge in [-0.25, -0.2) is 18.6 Å². The van der Waals surface area contributed by atoms with Gasteiger partial charge in [-0.3, -0.25) is 10.1 Å². The van der Waals surface area contributed by atoms with Crippen LogP contribution >= 0.6 is 0 Å². The number of hydrogen-bond acceptors (Lipinski definition) is 6. The number of nitrogens with zero attached hydrogens (tertiary/aromatic N) is 5. The zero-order valence-corrected chi connectivity index (χ0v) is 14.2. The zero-order chi connectivity index (χ0) is 18.7. The predicted octanol–water partition coefficient (Wildman–Crippen LogP) is 0.529. The summed E-state index contributed by atoms with van der Waals surface area (Å²) in [5, 5.41) is 8.77. The van der Waals surface area contributed by atoms with Gasteiger partial charge in [-0.2, -0.15) is 14.6 Å². The van der Waals surface area contributed by atoms with Crippen molar-refractivity contribution < 1.29 is 18.4 Å². The van der Waals surface area contributed by atoms with Gasteiger partial charge in [0.15, 0.2) is 0 Å². The molecule has 1 atom stereocenters. The van der Waals surface area contributed by atoms with Crippen LogP contribution in [0.25, 0.3) is 5.78 Å². The Bertz CT molecular complexity index is 895. The molecule has 0 spiro atoms. The largest absolute Gasteiger partial charge is 0.350 e. The van der Waals surface area contributed by atoms with Gasteiger partial charge in [-0.1, -0.05) is 13.8 Å². The topological polar surface area (TPSA) is 105 Å². The van der Waals surface area contributed by atoms with E-state index in [1.807, 2.05) is 0 Å². The van der Waals surface area contributed by atoms with Crippen LogP contribution in [0.15, 0.2) is 12.4 Å². The van der Waals surface area contributed by atoms with Crippen molar-refractivity contribution in [3.8, 4) is 0 Å². The number of carbonyl (C=O) groups excluding carboxylic acids is 2. The molecule has 2 saturated heterocycles. The Kier molecular flexibility index (Phi) is 3.40. The van der Waals surface area contributed by atoms with E-state index in [1.54, 1.807) is 6.07 Å². The van der Waals surface area contributed by atoms with Crippen LogP contribution in [0.3, 0.4) is 0 Å². The standard InChI is InChI=1S/C15H17F2N7O2/c1-14(2)5-23(6-15(14,16)17)10-3-9(21-12-19-7-20-24(10)12)8-4-18-13(26)22-11(8)25/h3,7-8H,4-6H2,1-2H3,(H2,18,22,25,26). The number of fused-ring (bicyclic) bond motifs is 1. The molecule has 0 aromatic carbocycles. The van der Waals surface area contributed by atoms with Gasteiger partial charge in [-0.05, 0) is 0 Å². The molecule has 0 saturated carbocycles. The van der Waals surface area contributed by atoms with Crippen molar-refractivity contribution in [1.82, 2.24) is 30.2 Å². The Morgan fingerprint density at radius 1 is 1.27 bits per heavy atom. The molecular formula is C15H17F2N7O2. The zero-order valence-electron chi connectivity index (χ0n) is 14.2. The summed E-state index contributed by atoms with van der Waals surface area (Å²) in [7, 11) is 0. The Hall–Kier alpha value is -2.85. The molecule has 0 radical (unpaired) electrons. The van der Waals surface area contributed by atoms with Crippen LogP contribution in [-0.4, -0.2) is 57.1 Å². The maximum absolute atomic E-state index is 14.3. The van der Waals surface area contributed by atoms with Crippen LogP contribution in [0.1, 0.15) is 25.5 Å². The Balaban J connectivity index is 1.77. The van der Waals surface area contributed by atoms with E-state index < -0.39 is 35.7 Å². The van der Waals surface area contributed by atoms with Gasteiger partial charge in [0.05, 0.1) is 18.2 Å². The number of carbonyl (C=O) groups is 2. The summed E-state index contributed by atoms with van der Waals surface area (Å²) in [6, 6.07) is 0.983. The van der Waals surface area contributed by atoms with Crippen LogP contribution in [0.4, 0.5) is 19.4 Å². The summed E-state index contributed by atoms with van der Waals surface area (Å²) >= 11 is 0. The molecular weight excluding hydrogens is 348 g/mol. The van der Waals surface area contributed by atoms with E-state index in [9.17, 15) is 18.4 Å². The minimum Gasteiger partial charge on any atom is -0.350 e. The number of amides is 3. The quantitative estimate of drug-likeness (QED) is 0.804. The lowest BCUT2D eigenvalue weighted by atomic mass is 9.89. The summed E-state index contributed by atoms with van der Waals surface area (Å²) in [6.07, 6.45) is 1.28. The van der Waals surface area contributed by atoms with Crippen molar-refractivity contribution in [3.05, 3.63) is 18.1 Å². The first-order valence-electron chi connectivity index (χ1n) is 8.10. The summed E-state index contributed by atoms with van der Waals surface area (Å²) < 4.78 is 30.0. The molecule has 3 amide bonds. The second-order valence-electron chi connectivity index (χ2n) is 7.21. The van der Waals surface area contributed by atoms with E-state index in [4.69, 9.17) is 0 Å². The van der Waals surface area contributed by atoms with Gasteiger partial charge in [0, 0.05) is 24.6 Å². The monoisotopic (exact) mass is 365 g/mol. The van der Waals surface area contributed by atoms with E-state index in [2.05, 4.69) is 25.7 Å². The summed E-state index contributed by atoms with van der Waals surface area (Å²) in [6.45, 7) is 2.75. The Morgan fingerprint density at radius 3 is 2.69 bits per heavy atom. The van der Waals surface area contributed by atoms with Crippen molar-refractivity contribution >= 4 is 23.5 Å². The number of halogens is 2. The first kappa shape index (κ1) is 16.6. The molecule has 2 aromatic rings. The molecule has 0 bridgehead atoms. The average molecular weight is 365 g/mol. The second kappa shape index (κ2) is 5.32. The number of imide groups is 1. The fourth-order valence-corrected chi connectivity index (χ4v) is 3.25. The molecule has 26 heavy (non-hydrogen) atoms. The molecule has 2 N–H and O–H groups in total. The van der Waals surface area contributed by atoms with Crippen molar-refractivity contribution in [2.75, 3.05) is 24.5 Å². The normalized spacial score (nSPS) is 24.6. The lowest BCUT2D eigenvalue weighted by molar-refractivity contribution is -0.122. The number of rotatable bonds is 2. The minimum absolute atomic E-state index is 0.0725. The van der Waals surface area contributed by atoms with Crippen LogP contribution in [0, 0.1) is 5.41 Å². The van der Waals surface area contributed by atoms with Gasteiger partial charge in [-0.15, -0.1) is 0 Å². The van der Waals surface area contributed by atoms with E-state index in [-0.39, 0.29) is 18.9 Å². The third-order valence-corrected chi connectivity index (χ3v) is 4.92. The number of aromatic nitrogens is 4. The van der Waals surface area contributed by atoms with Gasteiger partial charge in [0.1, 0.15) is 12.1 Å². The lowest BCUT2D eigenvalue weighted by Crippen LogP contribution is -2.51. The lowest BCUT2D eigenvalue weighted by Gasteiger charge is -2.25. The van der Waals surface area contributed by atoms with Crippen molar-refractivity contribution in [3.63, 3.8) is 0 Å². The van der Waals surface area contributed by atoms with E-state index >= 15 is 0 Å². The molecule has 11 heteroatoms. The highest BCUT2D eigenvalue weighted by Gasteiger charge is 2.54. The number of urea groups is 1. The highest BCUT2D eigenvalue weighted by Crippen LogP contribution is 2.44. The van der Waals surface area contributed by atoms with E-state index in [1.165, 1.54) is 29.6 Å². The molecule has 9 nitrogen and oxygen atoms in total. The van der Waals surface area contributed by atoms with E-state index in [0.29, 0.717) is 11.5 Å². The SMILES string of the molecule is CC1(C)CN(c2cc(C3CNC(=O)NC3=O)nc3ncnn23)CC1(F)F. The van der Waals surface area contributed by atoms with Crippen molar-refractivity contribution in [2.24, 2.45) is 5.41 Å². The molecule has 138 valence electrons. The summed E-state index contributed by atoms with van der Waals surface area (Å²) in [5.41, 5.74) is -0.870. The van der Waals surface area contributed by atoms with Crippen LogP contribution in [0.2, 0.25) is 0 Å². The first-order valence-corrected chi connectivity index (χ1v) is 8.10. The van der Waals surface area contributed by atoms with Crippen molar-refractivity contribution in [1.29, 1.82) is 0 Å². The van der Waals surface area contributed by atoms with Gasteiger partial charge >= 0.3 is 6.03 Å². The average Bonchev–Trinajstić information content (AvgIpc) is 3.08. The van der Waals surface area contributed by atoms with Gasteiger partial charge in [0.2, 0.25) is 5.91 Å². The summed E-state index contributed by atoms with van der Waals surface area (Å²) in [4.78, 5) is 33.2. The van der Waals surface area contributed by atoms with Crippen LogP contribution in [-0.2, 0) is 4.79 Å². The molecule has 0 aliphatic carbocycles. The number of nitrogens with one attached hydrogen (secondary N) is 2. The maximum Gasteiger partial charge on any atom is 0.321 e. The maximum atomic E-state index is 14.3. The molecule has 2 aromatic heterocycles. The molecule has 4 rings (SSSR count). The minimum atomic E-state index is -2.88. The number of alkyl halides is 2. The molecule has 2 fully saturated rings. The number of hydrogen-bond donors (Lipinski definition) is 2.